The number of nitrogens with zero attached hydrogens (tertiary/aromatic N) is 1. The zero-order valence-corrected chi connectivity index (χ0v) is 13.9. The van der Waals surface area contributed by atoms with Gasteiger partial charge >= 0.3 is 0 Å². The molecule has 20 heavy (non-hydrogen) atoms. The summed E-state index contributed by atoms with van der Waals surface area (Å²) >= 11 is 6.11. The minimum absolute atomic E-state index is 0.393. The van der Waals surface area contributed by atoms with E-state index in [2.05, 4.69) is 50.2 Å². The molecule has 1 aliphatic rings. The highest BCUT2D eigenvalue weighted by atomic mass is 35.5. The minimum atomic E-state index is 0.393. The molecule has 1 aromatic rings. The fourth-order valence-corrected chi connectivity index (χ4v) is 3.43. The summed E-state index contributed by atoms with van der Waals surface area (Å²) in [5.74, 6) is 0.700. The Labute approximate surface area is 128 Å². The van der Waals surface area contributed by atoms with Crippen LogP contribution in [0.3, 0.4) is 0 Å². The van der Waals surface area contributed by atoms with Crippen molar-refractivity contribution in [3.8, 4) is 0 Å². The van der Waals surface area contributed by atoms with Gasteiger partial charge in [0.1, 0.15) is 0 Å². The molecule has 1 fully saturated rings. The molecular weight excluding hydrogens is 268 g/mol. The zero-order chi connectivity index (χ0) is 14.8. The molecule has 0 amide bonds. The maximum Gasteiger partial charge on any atom is 0.0409 e. The molecule has 2 unspecified atom stereocenters. The van der Waals surface area contributed by atoms with Crippen LogP contribution in [-0.2, 0) is 0 Å². The molecule has 0 radical (unpaired) electrons. The molecule has 0 aromatic heterocycles. The van der Waals surface area contributed by atoms with Crippen LogP contribution in [0.25, 0.3) is 0 Å². The predicted molar refractivity (Wildman–Crippen MR) is 87.3 cm³/mol. The van der Waals surface area contributed by atoms with Gasteiger partial charge in [-0.3, -0.25) is 4.90 Å². The highest BCUT2D eigenvalue weighted by Gasteiger charge is 2.38. The highest BCUT2D eigenvalue weighted by Crippen LogP contribution is 2.36. The first-order chi connectivity index (χ1) is 9.44. The third-order valence-corrected chi connectivity index (χ3v) is 5.29. The van der Waals surface area contributed by atoms with Crippen LogP contribution < -0.4 is 5.32 Å². The summed E-state index contributed by atoms with van der Waals surface area (Å²) < 4.78 is 0. The molecule has 1 aliphatic heterocycles. The molecule has 1 N–H and O–H groups in total. The van der Waals surface area contributed by atoms with Gasteiger partial charge in [0.05, 0.1) is 0 Å². The molecule has 1 aromatic carbocycles. The van der Waals surface area contributed by atoms with Crippen molar-refractivity contribution in [1.29, 1.82) is 0 Å². The molecule has 1 heterocycles. The molecule has 2 atom stereocenters. The van der Waals surface area contributed by atoms with E-state index in [1.807, 2.05) is 12.1 Å². The second-order valence-electron chi connectivity index (χ2n) is 6.59. The molecule has 3 heteroatoms. The first kappa shape index (κ1) is 15.8. The van der Waals surface area contributed by atoms with Gasteiger partial charge in [-0.2, -0.15) is 0 Å². The Bertz CT molecular complexity index is 438. The summed E-state index contributed by atoms with van der Waals surface area (Å²) in [5, 5.41) is 4.36. The summed E-state index contributed by atoms with van der Waals surface area (Å²) in [6.45, 7) is 10.4. The SMILES string of the molecule is CC(c1cccc(Cl)c1)N(C)CC1(C(C)C)CCNC1. The summed E-state index contributed by atoms with van der Waals surface area (Å²) in [7, 11) is 2.23. The predicted octanol–water partition coefficient (Wildman–Crippen LogP) is 3.97. The lowest BCUT2D eigenvalue weighted by Gasteiger charge is -2.39. The average Bonchev–Trinajstić information content (AvgIpc) is 2.87. The Kier molecular flexibility index (Phi) is 5.11. The van der Waals surface area contributed by atoms with Crippen molar-refractivity contribution < 1.29 is 0 Å². The van der Waals surface area contributed by atoms with Crippen molar-refractivity contribution in [2.24, 2.45) is 11.3 Å². The van der Waals surface area contributed by atoms with Crippen LogP contribution in [0.2, 0.25) is 5.02 Å². The lowest BCUT2D eigenvalue weighted by molar-refractivity contribution is 0.111. The van der Waals surface area contributed by atoms with E-state index in [0.717, 1.165) is 24.7 Å². The largest absolute Gasteiger partial charge is 0.316 e. The molecule has 0 spiro atoms. The van der Waals surface area contributed by atoms with Crippen molar-refractivity contribution >= 4 is 11.6 Å². The van der Waals surface area contributed by atoms with Crippen LogP contribution in [0, 0.1) is 11.3 Å². The molecule has 0 bridgehead atoms. The van der Waals surface area contributed by atoms with Crippen LogP contribution in [0.15, 0.2) is 24.3 Å². The third kappa shape index (κ3) is 3.36. The van der Waals surface area contributed by atoms with E-state index in [1.54, 1.807) is 0 Å². The van der Waals surface area contributed by atoms with Crippen LogP contribution in [0.1, 0.15) is 38.8 Å². The van der Waals surface area contributed by atoms with Gasteiger partial charge in [-0.15, -0.1) is 0 Å². The fourth-order valence-electron chi connectivity index (χ4n) is 3.23. The van der Waals surface area contributed by atoms with Gasteiger partial charge in [-0.25, -0.2) is 0 Å². The van der Waals surface area contributed by atoms with Gasteiger partial charge in [0, 0.05) is 24.2 Å². The summed E-state index contributed by atoms with van der Waals surface area (Å²) in [4.78, 5) is 2.47. The average molecular weight is 295 g/mol. The second kappa shape index (κ2) is 6.46. The van der Waals surface area contributed by atoms with Crippen LogP contribution in [0.4, 0.5) is 0 Å². The van der Waals surface area contributed by atoms with E-state index in [0.29, 0.717) is 17.4 Å². The van der Waals surface area contributed by atoms with Crippen LogP contribution in [0.5, 0.6) is 0 Å². The van der Waals surface area contributed by atoms with Crippen LogP contribution in [-0.4, -0.2) is 31.6 Å². The Morgan fingerprint density at radius 1 is 1.35 bits per heavy atom. The number of halogens is 1. The Balaban J connectivity index is 2.09. The van der Waals surface area contributed by atoms with E-state index in [-0.39, 0.29) is 0 Å². The molecule has 0 saturated carbocycles. The standard InChI is InChI=1S/C17H27ClN2/c1-13(2)17(8-9-19-11-17)12-20(4)14(3)15-6-5-7-16(18)10-15/h5-7,10,13-14,19H,8-9,11-12H2,1-4H3. The van der Waals surface area contributed by atoms with E-state index in [1.165, 1.54) is 12.0 Å². The Hall–Kier alpha value is -0.570. The lowest BCUT2D eigenvalue weighted by atomic mass is 9.76. The third-order valence-electron chi connectivity index (χ3n) is 5.06. The van der Waals surface area contributed by atoms with Gasteiger partial charge in [0.2, 0.25) is 0 Å². The monoisotopic (exact) mass is 294 g/mol. The van der Waals surface area contributed by atoms with Crippen LogP contribution >= 0.6 is 11.6 Å². The first-order valence-electron chi connectivity index (χ1n) is 7.61. The van der Waals surface area contributed by atoms with E-state index < -0.39 is 0 Å². The fraction of sp³-hybridized carbons (Fsp3) is 0.647. The van der Waals surface area contributed by atoms with E-state index in [4.69, 9.17) is 11.6 Å². The normalized spacial score (nSPS) is 24.6. The quantitative estimate of drug-likeness (QED) is 0.884. The molecule has 0 aliphatic carbocycles. The summed E-state index contributed by atoms with van der Waals surface area (Å²) in [5.41, 5.74) is 1.70. The van der Waals surface area contributed by atoms with E-state index in [9.17, 15) is 0 Å². The smallest absolute Gasteiger partial charge is 0.0409 e. The Morgan fingerprint density at radius 3 is 2.65 bits per heavy atom. The number of hydrogen-bond acceptors (Lipinski definition) is 2. The molecule has 112 valence electrons. The van der Waals surface area contributed by atoms with Crippen molar-refractivity contribution in [3.05, 3.63) is 34.9 Å². The van der Waals surface area contributed by atoms with E-state index >= 15 is 0 Å². The van der Waals surface area contributed by atoms with Gasteiger partial charge in [-0.05, 0) is 56.0 Å². The van der Waals surface area contributed by atoms with Gasteiger partial charge in [-0.1, -0.05) is 37.6 Å². The number of rotatable bonds is 5. The van der Waals surface area contributed by atoms with Crippen molar-refractivity contribution in [2.75, 3.05) is 26.7 Å². The molecule has 1 saturated heterocycles. The maximum absolute atomic E-state index is 6.11. The first-order valence-corrected chi connectivity index (χ1v) is 7.99. The van der Waals surface area contributed by atoms with Gasteiger partial charge in [0.25, 0.3) is 0 Å². The molecule has 2 nitrogen and oxygen atoms in total. The van der Waals surface area contributed by atoms with Gasteiger partial charge in [0.15, 0.2) is 0 Å². The lowest BCUT2D eigenvalue weighted by Crippen LogP contribution is -2.42. The Morgan fingerprint density at radius 2 is 2.10 bits per heavy atom. The highest BCUT2D eigenvalue weighted by molar-refractivity contribution is 6.30. The number of nitrogens with one attached hydrogen (secondary N) is 1. The van der Waals surface area contributed by atoms with Crippen molar-refractivity contribution in [3.63, 3.8) is 0 Å². The van der Waals surface area contributed by atoms with Gasteiger partial charge < -0.3 is 5.32 Å². The van der Waals surface area contributed by atoms with Crippen molar-refractivity contribution in [1.82, 2.24) is 10.2 Å². The molecule has 2 rings (SSSR count). The molecular formula is C17H27ClN2. The summed E-state index contributed by atoms with van der Waals surface area (Å²) in [6, 6.07) is 8.62. The summed E-state index contributed by atoms with van der Waals surface area (Å²) in [6.07, 6.45) is 1.28. The topological polar surface area (TPSA) is 15.3 Å². The van der Waals surface area contributed by atoms with Crippen molar-refractivity contribution in [2.45, 2.75) is 33.2 Å². The second-order valence-corrected chi connectivity index (χ2v) is 7.03. The zero-order valence-electron chi connectivity index (χ0n) is 13.1. The minimum Gasteiger partial charge on any atom is -0.316 e. The number of hydrogen-bond donors (Lipinski definition) is 1. The maximum atomic E-state index is 6.11. The number of benzene rings is 1.